The Hall–Kier alpha value is -1.29. The fourth-order valence-corrected chi connectivity index (χ4v) is 1.05. The van der Waals surface area contributed by atoms with Crippen molar-refractivity contribution < 1.29 is 0 Å². The number of hydrogen-bond acceptors (Lipinski definition) is 1. The van der Waals surface area contributed by atoms with Gasteiger partial charge in [-0.3, -0.25) is 0 Å². The van der Waals surface area contributed by atoms with Crippen LogP contribution in [0.4, 0.5) is 0 Å². The van der Waals surface area contributed by atoms with Crippen LogP contribution < -0.4 is 0 Å². The zero-order chi connectivity index (χ0) is 8.27. The van der Waals surface area contributed by atoms with Crippen molar-refractivity contribution >= 4 is 0 Å². The van der Waals surface area contributed by atoms with E-state index in [0.29, 0.717) is 0 Å². The summed E-state index contributed by atoms with van der Waals surface area (Å²) in [6, 6.07) is 7.77. The number of hydrogen-bond donors (Lipinski definition) is 0. The molecule has 0 aliphatic carbocycles. The third-order valence-electron chi connectivity index (χ3n) is 1.74. The molecule has 0 heterocycles. The Morgan fingerprint density at radius 2 is 2.27 bits per heavy atom. The van der Waals surface area contributed by atoms with E-state index in [4.69, 9.17) is 5.26 Å². The van der Waals surface area contributed by atoms with Crippen LogP contribution in [0.5, 0.6) is 0 Å². The van der Waals surface area contributed by atoms with E-state index in [0.717, 1.165) is 17.5 Å². The van der Waals surface area contributed by atoms with Gasteiger partial charge in [-0.2, -0.15) is 5.26 Å². The lowest BCUT2D eigenvalue weighted by Gasteiger charge is -2.00. The first-order valence-electron chi connectivity index (χ1n) is 3.57. The van der Waals surface area contributed by atoms with Crippen LogP contribution in [-0.4, -0.2) is 0 Å². The number of aryl methyl sites for hydroxylation is 1. The highest BCUT2D eigenvalue weighted by molar-refractivity contribution is 5.37. The summed E-state index contributed by atoms with van der Waals surface area (Å²) in [6.07, 6.45) is 0.789. The van der Waals surface area contributed by atoms with Crippen molar-refractivity contribution in [2.45, 2.75) is 13.3 Å². The zero-order valence-electron chi connectivity index (χ0n) is 6.59. The summed E-state index contributed by atoms with van der Waals surface area (Å²) in [7, 11) is 0. The highest BCUT2D eigenvalue weighted by Crippen LogP contribution is 2.10. The van der Waals surface area contributed by atoms with Crippen molar-refractivity contribution in [1.82, 2.24) is 0 Å². The van der Waals surface area contributed by atoms with E-state index in [-0.39, 0.29) is 0 Å². The molecule has 0 amide bonds. The zero-order valence-corrected chi connectivity index (χ0v) is 6.59. The first-order chi connectivity index (χ1) is 5.27. The molecule has 0 saturated heterocycles. The average molecular weight is 144 g/mol. The molecule has 55 valence electrons. The third-order valence-corrected chi connectivity index (χ3v) is 1.74. The molecule has 1 rings (SSSR count). The van der Waals surface area contributed by atoms with Gasteiger partial charge in [0.05, 0.1) is 11.6 Å². The maximum absolute atomic E-state index is 8.56. The van der Waals surface area contributed by atoms with Crippen molar-refractivity contribution in [2.75, 3.05) is 0 Å². The summed E-state index contributed by atoms with van der Waals surface area (Å²) in [4.78, 5) is 0. The lowest BCUT2D eigenvalue weighted by atomic mass is 10.0. The van der Waals surface area contributed by atoms with Crippen molar-refractivity contribution in [3.8, 4) is 6.07 Å². The standard InChI is InChI=1S/C10H10N/c1-3-10-5-4-9(7-11)6-8(10)2/h4-6H,1,3H2,2H3. The van der Waals surface area contributed by atoms with Gasteiger partial charge in [0.1, 0.15) is 0 Å². The first-order valence-corrected chi connectivity index (χ1v) is 3.57. The van der Waals surface area contributed by atoms with Crippen molar-refractivity contribution in [3.05, 3.63) is 41.8 Å². The van der Waals surface area contributed by atoms with E-state index >= 15 is 0 Å². The summed E-state index contributed by atoms with van der Waals surface area (Å²) in [6.45, 7) is 5.79. The van der Waals surface area contributed by atoms with Crippen molar-refractivity contribution in [2.24, 2.45) is 0 Å². The van der Waals surface area contributed by atoms with Crippen LogP contribution in [0.25, 0.3) is 0 Å². The van der Waals surface area contributed by atoms with E-state index in [1.54, 1.807) is 0 Å². The number of benzene rings is 1. The maximum Gasteiger partial charge on any atom is 0.0991 e. The minimum absolute atomic E-state index is 0.722. The number of nitrogens with zero attached hydrogens (tertiary/aromatic N) is 1. The molecule has 1 aromatic rings. The van der Waals surface area contributed by atoms with Gasteiger partial charge in [-0.05, 0) is 43.5 Å². The molecule has 0 aliphatic rings. The fraction of sp³-hybridized carbons (Fsp3) is 0.200. The minimum Gasteiger partial charge on any atom is -0.192 e. The Bertz CT molecular complexity index is 294. The highest BCUT2D eigenvalue weighted by atomic mass is 14.2. The maximum atomic E-state index is 8.56. The van der Waals surface area contributed by atoms with Gasteiger partial charge in [-0.15, -0.1) is 0 Å². The molecule has 0 N–H and O–H groups in total. The Morgan fingerprint density at radius 1 is 1.55 bits per heavy atom. The van der Waals surface area contributed by atoms with E-state index < -0.39 is 0 Å². The monoisotopic (exact) mass is 144 g/mol. The molecule has 0 aliphatic heterocycles. The lowest BCUT2D eigenvalue weighted by molar-refractivity contribution is 1.21. The number of nitriles is 1. The van der Waals surface area contributed by atoms with Crippen LogP contribution >= 0.6 is 0 Å². The molecule has 1 aromatic carbocycles. The predicted molar refractivity (Wildman–Crippen MR) is 45.0 cm³/mol. The van der Waals surface area contributed by atoms with Gasteiger partial charge in [-0.25, -0.2) is 0 Å². The SMILES string of the molecule is [CH2]Cc1ccc(C#N)cc1C. The van der Waals surface area contributed by atoms with E-state index in [2.05, 4.69) is 13.0 Å². The molecule has 1 nitrogen and oxygen atoms in total. The second kappa shape index (κ2) is 3.21. The summed E-state index contributed by atoms with van der Waals surface area (Å²) in [5.41, 5.74) is 3.09. The molecular weight excluding hydrogens is 134 g/mol. The molecule has 0 saturated carbocycles. The molecule has 0 bridgehead atoms. The van der Waals surface area contributed by atoms with Gasteiger partial charge < -0.3 is 0 Å². The fourth-order valence-electron chi connectivity index (χ4n) is 1.05. The van der Waals surface area contributed by atoms with Gasteiger partial charge in [-0.1, -0.05) is 6.07 Å². The van der Waals surface area contributed by atoms with Gasteiger partial charge in [0.15, 0.2) is 0 Å². The Morgan fingerprint density at radius 3 is 2.73 bits per heavy atom. The molecule has 1 heteroatoms. The number of rotatable bonds is 1. The highest BCUT2D eigenvalue weighted by Gasteiger charge is 1.95. The van der Waals surface area contributed by atoms with Crippen LogP contribution in [0.15, 0.2) is 18.2 Å². The van der Waals surface area contributed by atoms with Gasteiger partial charge >= 0.3 is 0 Å². The summed E-state index contributed by atoms with van der Waals surface area (Å²) in [5.74, 6) is 0. The molecule has 0 atom stereocenters. The molecule has 0 spiro atoms. The lowest BCUT2D eigenvalue weighted by Crippen LogP contribution is -1.86. The minimum atomic E-state index is 0.722. The normalized spacial score (nSPS) is 9.18. The largest absolute Gasteiger partial charge is 0.192 e. The summed E-state index contributed by atoms with van der Waals surface area (Å²) >= 11 is 0. The molecular formula is C10H10N. The van der Waals surface area contributed by atoms with Gasteiger partial charge in [0, 0.05) is 0 Å². The topological polar surface area (TPSA) is 23.8 Å². The van der Waals surface area contributed by atoms with Crippen LogP contribution in [0.2, 0.25) is 0 Å². The summed E-state index contributed by atoms with van der Waals surface area (Å²) < 4.78 is 0. The molecule has 0 aromatic heterocycles. The molecule has 11 heavy (non-hydrogen) atoms. The second-order valence-electron chi connectivity index (χ2n) is 2.50. The third kappa shape index (κ3) is 1.59. The van der Waals surface area contributed by atoms with E-state index in [1.807, 2.05) is 25.1 Å². The predicted octanol–water partition coefficient (Wildman–Crippen LogP) is 2.24. The van der Waals surface area contributed by atoms with Crippen LogP contribution in [0, 0.1) is 25.2 Å². The van der Waals surface area contributed by atoms with Crippen LogP contribution in [0.1, 0.15) is 16.7 Å². The van der Waals surface area contributed by atoms with Crippen molar-refractivity contribution in [3.63, 3.8) is 0 Å². The smallest absolute Gasteiger partial charge is 0.0991 e. The van der Waals surface area contributed by atoms with Crippen LogP contribution in [-0.2, 0) is 6.42 Å². The average Bonchev–Trinajstić information content (AvgIpc) is 2.04. The molecule has 0 unspecified atom stereocenters. The second-order valence-corrected chi connectivity index (χ2v) is 2.50. The summed E-state index contributed by atoms with van der Waals surface area (Å²) in [5, 5.41) is 8.56. The molecule has 1 radical (unpaired) electrons. The van der Waals surface area contributed by atoms with Crippen molar-refractivity contribution in [1.29, 1.82) is 5.26 Å². The van der Waals surface area contributed by atoms with E-state index in [9.17, 15) is 0 Å². The van der Waals surface area contributed by atoms with E-state index in [1.165, 1.54) is 5.56 Å². The van der Waals surface area contributed by atoms with Gasteiger partial charge in [0.25, 0.3) is 0 Å². The van der Waals surface area contributed by atoms with Crippen LogP contribution in [0.3, 0.4) is 0 Å². The first kappa shape index (κ1) is 7.81. The Labute approximate surface area is 67.3 Å². The Balaban J connectivity index is 3.12. The Kier molecular flexibility index (Phi) is 2.28. The molecule has 0 fully saturated rings. The van der Waals surface area contributed by atoms with Gasteiger partial charge in [0.2, 0.25) is 0 Å². The quantitative estimate of drug-likeness (QED) is 0.593.